The summed E-state index contributed by atoms with van der Waals surface area (Å²) in [7, 11) is 0. The van der Waals surface area contributed by atoms with Crippen LogP contribution in [0.2, 0.25) is 5.02 Å². The van der Waals surface area contributed by atoms with Crippen molar-refractivity contribution >= 4 is 33.4 Å². The van der Waals surface area contributed by atoms with Gasteiger partial charge in [-0.3, -0.25) is 4.79 Å². The van der Waals surface area contributed by atoms with Crippen LogP contribution in [-0.4, -0.2) is 23.9 Å². The molecule has 30 heavy (non-hydrogen) atoms. The van der Waals surface area contributed by atoms with Crippen molar-refractivity contribution in [2.24, 2.45) is 5.92 Å². The molecule has 0 saturated heterocycles. The van der Waals surface area contributed by atoms with Gasteiger partial charge in [-0.2, -0.15) is 5.26 Å². The second-order valence-corrected chi connectivity index (χ2v) is 9.59. The van der Waals surface area contributed by atoms with Gasteiger partial charge in [-0.05, 0) is 66.5 Å². The molecule has 0 spiro atoms. The van der Waals surface area contributed by atoms with Crippen LogP contribution in [0.5, 0.6) is 0 Å². The molecule has 0 aliphatic rings. The predicted octanol–water partition coefficient (Wildman–Crippen LogP) is 6.98. The Bertz CT molecular complexity index is 874. The topological polar surface area (TPSA) is 44.1 Å². The van der Waals surface area contributed by atoms with E-state index < -0.39 is 0 Å². The van der Waals surface area contributed by atoms with Gasteiger partial charge in [0.2, 0.25) is 5.91 Å². The summed E-state index contributed by atoms with van der Waals surface area (Å²) in [5, 5.41) is 10.1. The highest BCUT2D eigenvalue weighted by Gasteiger charge is 2.18. The van der Waals surface area contributed by atoms with E-state index in [9.17, 15) is 10.1 Å². The lowest BCUT2D eigenvalue weighted by Gasteiger charge is -2.27. The molecular weight excluding hydrogens is 460 g/mol. The van der Waals surface area contributed by atoms with Gasteiger partial charge in [0, 0.05) is 29.0 Å². The first-order valence-electron chi connectivity index (χ1n) is 10.5. The van der Waals surface area contributed by atoms with Crippen molar-refractivity contribution in [3.8, 4) is 6.07 Å². The minimum atomic E-state index is 0.209. The van der Waals surface area contributed by atoms with E-state index in [2.05, 4.69) is 42.8 Å². The average molecular weight is 490 g/mol. The maximum absolute atomic E-state index is 12.9. The Hall–Kier alpha value is -1.83. The largest absolute Gasteiger partial charge is 0.342 e. The molecule has 0 aromatic heterocycles. The zero-order valence-electron chi connectivity index (χ0n) is 18.0. The van der Waals surface area contributed by atoms with E-state index in [0.717, 1.165) is 34.3 Å². The van der Waals surface area contributed by atoms with E-state index in [1.54, 1.807) is 0 Å². The van der Waals surface area contributed by atoms with Crippen LogP contribution in [0, 0.1) is 17.2 Å². The summed E-state index contributed by atoms with van der Waals surface area (Å²) in [4.78, 5) is 14.9. The molecule has 2 aromatic carbocycles. The molecule has 0 unspecified atom stereocenters. The number of hydrogen-bond donors (Lipinski definition) is 0. The van der Waals surface area contributed by atoms with E-state index in [0.29, 0.717) is 31.0 Å². The number of amides is 1. The molecule has 0 N–H and O–H groups in total. The fourth-order valence-electron chi connectivity index (χ4n) is 3.45. The molecule has 0 aliphatic carbocycles. The SMILES string of the molecule is CC(C)CCC(=O)N(CCCc1ccc(Br)cc1C#N)C[C@H](C)c1ccc(Cl)cc1. The summed E-state index contributed by atoms with van der Waals surface area (Å²) in [5.74, 6) is 0.943. The van der Waals surface area contributed by atoms with E-state index >= 15 is 0 Å². The first-order valence-corrected chi connectivity index (χ1v) is 11.7. The Balaban J connectivity index is 2.04. The third-order valence-electron chi connectivity index (χ3n) is 5.29. The second-order valence-electron chi connectivity index (χ2n) is 8.24. The van der Waals surface area contributed by atoms with Crippen molar-refractivity contribution < 1.29 is 4.79 Å². The third kappa shape index (κ3) is 7.78. The van der Waals surface area contributed by atoms with Gasteiger partial charge in [-0.15, -0.1) is 0 Å². The van der Waals surface area contributed by atoms with E-state index in [1.807, 2.05) is 47.4 Å². The van der Waals surface area contributed by atoms with E-state index in [1.165, 1.54) is 5.56 Å². The molecule has 2 rings (SSSR count). The van der Waals surface area contributed by atoms with Crippen LogP contribution in [0.4, 0.5) is 0 Å². The lowest BCUT2D eigenvalue weighted by atomic mass is 9.99. The first kappa shape index (κ1) is 24.4. The first-order chi connectivity index (χ1) is 14.3. The van der Waals surface area contributed by atoms with Gasteiger partial charge in [0.1, 0.15) is 0 Å². The monoisotopic (exact) mass is 488 g/mol. The maximum atomic E-state index is 12.9. The zero-order valence-corrected chi connectivity index (χ0v) is 20.3. The lowest BCUT2D eigenvalue weighted by Crippen LogP contribution is -2.35. The van der Waals surface area contributed by atoms with Crippen LogP contribution in [0.1, 0.15) is 62.6 Å². The van der Waals surface area contributed by atoms with Crippen LogP contribution < -0.4 is 0 Å². The Kier molecular flexibility index (Phi) is 9.88. The zero-order chi connectivity index (χ0) is 22.1. The number of nitrogens with zero attached hydrogens (tertiary/aromatic N) is 2. The van der Waals surface area contributed by atoms with Crippen molar-refractivity contribution in [3.63, 3.8) is 0 Å². The van der Waals surface area contributed by atoms with Crippen molar-refractivity contribution in [3.05, 3.63) is 68.7 Å². The van der Waals surface area contributed by atoms with Gasteiger partial charge >= 0.3 is 0 Å². The van der Waals surface area contributed by atoms with Gasteiger partial charge in [0.25, 0.3) is 0 Å². The number of benzene rings is 2. The summed E-state index contributed by atoms with van der Waals surface area (Å²) in [6.07, 6.45) is 3.08. The summed E-state index contributed by atoms with van der Waals surface area (Å²) in [6.45, 7) is 7.81. The number of nitriles is 1. The summed E-state index contributed by atoms with van der Waals surface area (Å²) < 4.78 is 0.907. The highest BCUT2D eigenvalue weighted by atomic mass is 79.9. The second kappa shape index (κ2) is 12.1. The Morgan fingerprint density at radius 2 is 1.87 bits per heavy atom. The molecule has 0 fully saturated rings. The minimum absolute atomic E-state index is 0.209. The molecule has 1 atom stereocenters. The molecule has 0 aliphatic heterocycles. The van der Waals surface area contributed by atoms with Crippen LogP contribution in [0.25, 0.3) is 0 Å². The lowest BCUT2D eigenvalue weighted by molar-refractivity contribution is -0.131. The predicted molar refractivity (Wildman–Crippen MR) is 128 cm³/mol. The quantitative estimate of drug-likeness (QED) is 0.361. The molecule has 0 saturated carbocycles. The van der Waals surface area contributed by atoms with Crippen LogP contribution >= 0.6 is 27.5 Å². The van der Waals surface area contributed by atoms with Gasteiger partial charge in [0.05, 0.1) is 11.6 Å². The Morgan fingerprint density at radius 3 is 2.50 bits per heavy atom. The van der Waals surface area contributed by atoms with Gasteiger partial charge < -0.3 is 4.90 Å². The maximum Gasteiger partial charge on any atom is 0.222 e. The average Bonchev–Trinajstić information content (AvgIpc) is 2.72. The number of rotatable bonds is 10. The fraction of sp³-hybridized carbons (Fsp3) is 0.440. The smallest absolute Gasteiger partial charge is 0.222 e. The number of carbonyl (C=O) groups is 1. The summed E-state index contributed by atoms with van der Waals surface area (Å²) in [5.41, 5.74) is 2.90. The third-order valence-corrected chi connectivity index (χ3v) is 6.03. The standard InChI is InChI=1S/C25H30BrClN2O/c1-18(2)6-13-25(30)29(17-19(3)20-8-11-24(27)12-9-20)14-4-5-21-7-10-23(26)15-22(21)16-28/h7-12,15,18-19H,4-6,13-14,17H2,1-3H3/t19-/m0/s1. The molecule has 160 valence electrons. The number of aryl methyl sites for hydroxylation is 1. The normalized spacial score (nSPS) is 11.9. The molecular formula is C25H30BrClN2O. The van der Waals surface area contributed by atoms with Crippen LogP contribution in [0.3, 0.4) is 0 Å². The van der Waals surface area contributed by atoms with E-state index in [4.69, 9.17) is 11.6 Å². The van der Waals surface area contributed by atoms with Crippen molar-refractivity contribution in [2.75, 3.05) is 13.1 Å². The highest BCUT2D eigenvalue weighted by Crippen LogP contribution is 2.21. The summed E-state index contributed by atoms with van der Waals surface area (Å²) >= 11 is 9.43. The number of carbonyl (C=O) groups excluding carboxylic acids is 1. The molecule has 2 aromatic rings. The van der Waals surface area contributed by atoms with Gasteiger partial charge in [-0.1, -0.05) is 66.5 Å². The molecule has 0 radical (unpaired) electrons. The number of halogens is 2. The Morgan fingerprint density at radius 1 is 1.17 bits per heavy atom. The summed E-state index contributed by atoms with van der Waals surface area (Å²) in [6, 6.07) is 15.9. The highest BCUT2D eigenvalue weighted by molar-refractivity contribution is 9.10. The molecule has 5 heteroatoms. The van der Waals surface area contributed by atoms with Gasteiger partial charge in [-0.25, -0.2) is 0 Å². The van der Waals surface area contributed by atoms with Crippen molar-refractivity contribution in [1.82, 2.24) is 4.90 Å². The Labute approximate surface area is 194 Å². The van der Waals surface area contributed by atoms with Gasteiger partial charge in [0.15, 0.2) is 0 Å². The minimum Gasteiger partial charge on any atom is -0.342 e. The molecule has 1 amide bonds. The fourth-order valence-corrected chi connectivity index (χ4v) is 3.93. The number of hydrogen-bond acceptors (Lipinski definition) is 2. The van der Waals surface area contributed by atoms with Crippen molar-refractivity contribution in [2.45, 2.75) is 52.4 Å². The van der Waals surface area contributed by atoms with E-state index in [-0.39, 0.29) is 11.8 Å². The molecule has 0 heterocycles. The molecule has 3 nitrogen and oxygen atoms in total. The van der Waals surface area contributed by atoms with Crippen LogP contribution in [0.15, 0.2) is 46.9 Å². The molecule has 0 bridgehead atoms. The van der Waals surface area contributed by atoms with Crippen LogP contribution in [-0.2, 0) is 11.2 Å². The van der Waals surface area contributed by atoms with Crippen molar-refractivity contribution in [1.29, 1.82) is 5.26 Å².